The molecule has 18 heavy (non-hydrogen) atoms. The Labute approximate surface area is 108 Å². The van der Waals surface area contributed by atoms with E-state index in [4.69, 9.17) is 0 Å². The summed E-state index contributed by atoms with van der Waals surface area (Å²) in [6.45, 7) is 6.31. The maximum Gasteiger partial charge on any atom is 0.149 e. The van der Waals surface area contributed by atoms with Crippen LogP contribution in [-0.2, 0) is 6.42 Å². The average Bonchev–Trinajstić information content (AvgIpc) is 2.39. The van der Waals surface area contributed by atoms with Crippen LogP contribution in [0.5, 0.6) is 0 Å². The number of hydrogen-bond acceptors (Lipinski definition) is 3. The van der Waals surface area contributed by atoms with Crippen LogP contribution in [0.2, 0.25) is 0 Å². The molecule has 0 saturated heterocycles. The predicted molar refractivity (Wildman–Crippen MR) is 74.6 cm³/mol. The zero-order valence-electron chi connectivity index (χ0n) is 11.1. The van der Waals surface area contributed by atoms with Crippen LogP contribution < -0.4 is 5.32 Å². The number of aromatic nitrogens is 2. The first kappa shape index (κ1) is 12.6. The Balaban J connectivity index is 2.09. The van der Waals surface area contributed by atoms with Gasteiger partial charge in [-0.15, -0.1) is 5.10 Å². The van der Waals surface area contributed by atoms with E-state index in [0.29, 0.717) is 0 Å². The second-order valence-electron chi connectivity index (χ2n) is 4.58. The molecule has 0 bridgehead atoms. The van der Waals surface area contributed by atoms with E-state index in [0.717, 1.165) is 17.8 Å². The van der Waals surface area contributed by atoms with E-state index in [2.05, 4.69) is 53.6 Å². The lowest BCUT2D eigenvalue weighted by Crippen LogP contribution is -2.08. The van der Waals surface area contributed by atoms with Crippen molar-refractivity contribution in [2.24, 2.45) is 0 Å². The van der Waals surface area contributed by atoms with E-state index < -0.39 is 0 Å². The third-order valence-electron chi connectivity index (χ3n) is 3.04. The third-order valence-corrected chi connectivity index (χ3v) is 3.04. The van der Waals surface area contributed by atoms with Gasteiger partial charge in [0.15, 0.2) is 0 Å². The van der Waals surface area contributed by atoms with Gasteiger partial charge in [-0.2, -0.15) is 5.10 Å². The molecule has 0 aliphatic carbocycles. The number of aryl methyl sites for hydroxylation is 2. The Morgan fingerprint density at radius 3 is 2.56 bits per heavy atom. The molecule has 2 rings (SSSR count). The van der Waals surface area contributed by atoms with Gasteiger partial charge in [-0.3, -0.25) is 0 Å². The van der Waals surface area contributed by atoms with Crippen molar-refractivity contribution in [3.63, 3.8) is 0 Å². The Morgan fingerprint density at radius 1 is 1.22 bits per heavy atom. The van der Waals surface area contributed by atoms with Gasteiger partial charge in [0.05, 0.1) is 6.20 Å². The minimum Gasteiger partial charge on any atom is -0.362 e. The Kier molecular flexibility index (Phi) is 3.92. The highest BCUT2D eigenvalue weighted by Gasteiger charge is 2.06. The molecule has 0 saturated carbocycles. The van der Waals surface area contributed by atoms with Gasteiger partial charge in [0.1, 0.15) is 5.82 Å². The normalized spacial score (nSPS) is 12.2. The standard InChI is InChI=1S/C15H19N3/c1-4-13-5-7-14(8-6-13)12(3)17-15-9-11(2)10-16-18-15/h5-10,12H,4H2,1-3H3,(H,17,18). The van der Waals surface area contributed by atoms with E-state index in [1.54, 1.807) is 6.20 Å². The number of nitrogens with zero attached hydrogens (tertiary/aromatic N) is 2. The first-order valence-electron chi connectivity index (χ1n) is 6.33. The summed E-state index contributed by atoms with van der Waals surface area (Å²) in [7, 11) is 0. The summed E-state index contributed by atoms with van der Waals surface area (Å²) in [6.07, 6.45) is 2.83. The van der Waals surface area contributed by atoms with Crippen LogP contribution in [-0.4, -0.2) is 10.2 Å². The molecule has 94 valence electrons. The molecule has 1 atom stereocenters. The second kappa shape index (κ2) is 5.63. The van der Waals surface area contributed by atoms with Gasteiger partial charge < -0.3 is 5.32 Å². The van der Waals surface area contributed by atoms with Gasteiger partial charge in [-0.25, -0.2) is 0 Å². The summed E-state index contributed by atoms with van der Waals surface area (Å²) in [4.78, 5) is 0. The topological polar surface area (TPSA) is 37.8 Å². The third kappa shape index (κ3) is 3.06. The maximum atomic E-state index is 4.08. The molecule has 1 aromatic carbocycles. The highest BCUT2D eigenvalue weighted by molar-refractivity contribution is 5.39. The summed E-state index contributed by atoms with van der Waals surface area (Å²) in [5.41, 5.74) is 3.73. The fourth-order valence-electron chi connectivity index (χ4n) is 1.88. The molecule has 1 unspecified atom stereocenters. The van der Waals surface area contributed by atoms with Gasteiger partial charge in [-0.1, -0.05) is 31.2 Å². The Morgan fingerprint density at radius 2 is 1.94 bits per heavy atom. The molecule has 3 nitrogen and oxygen atoms in total. The van der Waals surface area contributed by atoms with Gasteiger partial charge in [0.2, 0.25) is 0 Å². The monoisotopic (exact) mass is 241 g/mol. The lowest BCUT2D eigenvalue weighted by molar-refractivity contribution is 0.857. The van der Waals surface area contributed by atoms with Crippen LogP contribution in [0.1, 0.15) is 36.6 Å². The summed E-state index contributed by atoms with van der Waals surface area (Å²) < 4.78 is 0. The molecule has 0 spiro atoms. The molecule has 1 heterocycles. The first-order valence-corrected chi connectivity index (χ1v) is 6.33. The number of benzene rings is 1. The van der Waals surface area contributed by atoms with E-state index in [-0.39, 0.29) is 6.04 Å². The van der Waals surface area contributed by atoms with E-state index >= 15 is 0 Å². The van der Waals surface area contributed by atoms with Crippen molar-refractivity contribution in [1.29, 1.82) is 0 Å². The first-order chi connectivity index (χ1) is 8.69. The molecule has 0 amide bonds. The fraction of sp³-hybridized carbons (Fsp3) is 0.333. The van der Waals surface area contributed by atoms with Gasteiger partial charge >= 0.3 is 0 Å². The minimum absolute atomic E-state index is 0.229. The second-order valence-corrected chi connectivity index (χ2v) is 4.58. The highest BCUT2D eigenvalue weighted by atomic mass is 15.2. The number of hydrogen-bond donors (Lipinski definition) is 1. The van der Waals surface area contributed by atoms with Crippen molar-refractivity contribution < 1.29 is 0 Å². The zero-order valence-corrected chi connectivity index (χ0v) is 11.1. The van der Waals surface area contributed by atoms with Crippen LogP contribution in [0.3, 0.4) is 0 Å². The van der Waals surface area contributed by atoms with E-state index in [1.165, 1.54) is 11.1 Å². The lowest BCUT2D eigenvalue weighted by Gasteiger charge is -2.15. The summed E-state index contributed by atoms with van der Waals surface area (Å²) in [5.74, 6) is 0.821. The molecule has 0 fully saturated rings. The van der Waals surface area contributed by atoms with Crippen molar-refractivity contribution >= 4 is 5.82 Å². The van der Waals surface area contributed by atoms with Crippen molar-refractivity contribution in [3.05, 3.63) is 53.2 Å². The van der Waals surface area contributed by atoms with Crippen molar-refractivity contribution in [3.8, 4) is 0 Å². The SMILES string of the molecule is CCc1ccc(C(C)Nc2cc(C)cnn2)cc1. The van der Waals surface area contributed by atoms with E-state index in [9.17, 15) is 0 Å². The maximum absolute atomic E-state index is 4.08. The molecule has 2 aromatic rings. The molecule has 3 heteroatoms. The zero-order chi connectivity index (χ0) is 13.0. The lowest BCUT2D eigenvalue weighted by atomic mass is 10.1. The number of rotatable bonds is 4. The fourth-order valence-corrected chi connectivity index (χ4v) is 1.88. The van der Waals surface area contributed by atoms with Gasteiger partial charge in [-0.05, 0) is 43.0 Å². The minimum atomic E-state index is 0.229. The largest absolute Gasteiger partial charge is 0.362 e. The van der Waals surface area contributed by atoms with Crippen LogP contribution >= 0.6 is 0 Å². The Bertz CT molecular complexity index is 505. The smallest absolute Gasteiger partial charge is 0.149 e. The molecule has 1 N–H and O–H groups in total. The van der Waals surface area contributed by atoms with Crippen LogP contribution in [0, 0.1) is 6.92 Å². The summed E-state index contributed by atoms with van der Waals surface area (Å²) in [5, 5.41) is 11.4. The summed E-state index contributed by atoms with van der Waals surface area (Å²) >= 11 is 0. The molecule has 0 aliphatic heterocycles. The molecular weight excluding hydrogens is 222 g/mol. The quantitative estimate of drug-likeness (QED) is 0.890. The average molecular weight is 241 g/mol. The van der Waals surface area contributed by atoms with Crippen LogP contribution in [0.15, 0.2) is 36.5 Å². The number of nitrogens with one attached hydrogen (secondary N) is 1. The van der Waals surface area contributed by atoms with Gasteiger partial charge in [0, 0.05) is 6.04 Å². The van der Waals surface area contributed by atoms with Crippen molar-refractivity contribution in [1.82, 2.24) is 10.2 Å². The van der Waals surface area contributed by atoms with Crippen LogP contribution in [0.4, 0.5) is 5.82 Å². The molecule has 0 radical (unpaired) electrons. The van der Waals surface area contributed by atoms with Crippen molar-refractivity contribution in [2.75, 3.05) is 5.32 Å². The van der Waals surface area contributed by atoms with Gasteiger partial charge in [0.25, 0.3) is 0 Å². The number of anilines is 1. The van der Waals surface area contributed by atoms with Crippen molar-refractivity contribution in [2.45, 2.75) is 33.2 Å². The molecule has 1 aromatic heterocycles. The predicted octanol–water partition coefficient (Wildman–Crippen LogP) is 3.52. The Hall–Kier alpha value is -1.90. The molecule has 0 aliphatic rings. The molecular formula is C15H19N3. The highest BCUT2D eigenvalue weighted by Crippen LogP contribution is 2.18. The van der Waals surface area contributed by atoms with Crippen LogP contribution in [0.25, 0.3) is 0 Å². The van der Waals surface area contributed by atoms with E-state index in [1.807, 2.05) is 13.0 Å². The summed E-state index contributed by atoms with van der Waals surface area (Å²) in [6, 6.07) is 10.9.